The second-order valence-electron chi connectivity index (χ2n) is 7.22. The highest BCUT2D eigenvalue weighted by Crippen LogP contribution is 2.29. The first kappa shape index (κ1) is 19.1. The third kappa shape index (κ3) is 4.30. The van der Waals surface area contributed by atoms with Gasteiger partial charge in [-0.25, -0.2) is 4.98 Å². The lowest BCUT2D eigenvalue weighted by molar-refractivity contribution is 0.0938. The zero-order valence-corrected chi connectivity index (χ0v) is 16.1. The standard InChI is InChI=1S/C22H24N4O3/c23-22-25-19-10-9-16(13-18(19)21(26-22)29-12-11-27)14-5-7-15(8-6-14)20(28)24-17-3-1-2-4-17/h5-10,13,17,27H,1-4,11-12H2,(H,24,28)(H2,23,25,26). The molecule has 150 valence electrons. The Kier molecular flexibility index (Phi) is 5.57. The van der Waals surface area contributed by atoms with Crippen molar-refractivity contribution < 1.29 is 14.6 Å². The predicted octanol–water partition coefficient (Wildman–Crippen LogP) is 2.92. The zero-order chi connectivity index (χ0) is 20.2. The summed E-state index contributed by atoms with van der Waals surface area (Å²) < 4.78 is 5.52. The molecule has 0 saturated heterocycles. The lowest BCUT2D eigenvalue weighted by Crippen LogP contribution is -2.32. The number of hydrogen-bond acceptors (Lipinski definition) is 6. The Morgan fingerprint density at radius 3 is 2.55 bits per heavy atom. The number of nitrogens with two attached hydrogens (primary N) is 1. The number of carbonyl (C=O) groups is 1. The van der Waals surface area contributed by atoms with E-state index in [4.69, 9.17) is 15.6 Å². The van der Waals surface area contributed by atoms with Crippen LogP contribution in [0.25, 0.3) is 22.0 Å². The Bertz CT molecular complexity index is 1010. The van der Waals surface area contributed by atoms with Crippen molar-refractivity contribution in [2.24, 2.45) is 0 Å². The van der Waals surface area contributed by atoms with Gasteiger partial charge in [-0.2, -0.15) is 4.98 Å². The maximum Gasteiger partial charge on any atom is 0.251 e. The second kappa shape index (κ2) is 8.45. The van der Waals surface area contributed by atoms with Gasteiger partial charge in [0.15, 0.2) is 0 Å². The molecule has 7 heteroatoms. The molecule has 3 aromatic rings. The maximum atomic E-state index is 12.4. The van der Waals surface area contributed by atoms with Gasteiger partial charge in [-0.1, -0.05) is 31.0 Å². The Labute approximate surface area is 168 Å². The second-order valence-corrected chi connectivity index (χ2v) is 7.22. The molecule has 29 heavy (non-hydrogen) atoms. The van der Waals surface area contributed by atoms with E-state index in [2.05, 4.69) is 15.3 Å². The fraction of sp³-hybridized carbons (Fsp3) is 0.318. The number of anilines is 1. The number of nitrogen functional groups attached to an aromatic ring is 1. The smallest absolute Gasteiger partial charge is 0.251 e. The highest BCUT2D eigenvalue weighted by Gasteiger charge is 2.18. The Balaban J connectivity index is 1.58. The van der Waals surface area contributed by atoms with E-state index in [1.165, 1.54) is 12.8 Å². The van der Waals surface area contributed by atoms with E-state index in [9.17, 15) is 4.79 Å². The van der Waals surface area contributed by atoms with Gasteiger partial charge in [0.1, 0.15) is 6.61 Å². The number of amides is 1. The van der Waals surface area contributed by atoms with Crippen LogP contribution in [-0.4, -0.2) is 40.2 Å². The van der Waals surface area contributed by atoms with Crippen molar-refractivity contribution in [3.63, 3.8) is 0 Å². The van der Waals surface area contributed by atoms with Crippen LogP contribution >= 0.6 is 0 Å². The average Bonchev–Trinajstić information content (AvgIpc) is 3.24. The van der Waals surface area contributed by atoms with Crippen LogP contribution < -0.4 is 15.8 Å². The van der Waals surface area contributed by atoms with Crippen LogP contribution in [0.1, 0.15) is 36.0 Å². The van der Waals surface area contributed by atoms with Gasteiger partial charge in [-0.3, -0.25) is 4.79 Å². The normalized spacial score (nSPS) is 14.2. The number of aromatic nitrogens is 2. The molecule has 1 amide bonds. The molecule has 1 saturated carbocycles. The highest BCUT2D eigenvalue weighted by atomic mass is 16.5. The van der Waals surface area contributed by atoms with Crippen molar-refractivity contribution in [2.75, 3.05) is 18.9 Å². The summed E-state index contributed by atoms with van der Waals surface area (Å²) in [5, 5.41) is 12.9. The van der Waals surface area contributed by atoms with Gasteiger partial charge in [-0.15, -0.1) is 0 Å². The Morgan fingerprint density at radius 2 is 1.83 bits per heavy atom. The van der Waals surface area contributed by atoms with Crippen molar-refractivity contribution in [3.8, 4) is 17.0 Å². The minimum absolute atomic E-state index is 0.0227. The van der Waals surface area contributed by atoms with Crippen molar-refractivity contribution in [2.45, 2.75) is 31.7 Å². The summed E-state index contributed by atoms with van der Waals surface area (Å²) in [5.74, 6) is 0.442. The number of hydrogen-bond donors (Lipinski definition) is 3. The minimum atomic E-state index is -0.116. The average molecular weight is 392 g/mol. The summed E-state index contributed by atoms with van der Waals surface area (Å²) >= 11 is 0. The van der Waals surface area contributed by atoms with E-state index in [0.717, 1.165) is 24.0 Å². The van der Waals surface area contributed by atoms with Crippen molar-refractivity contribution >= 4 is 22.8 Å². The largest absolute Gasteiger partial charge is 0.475 e. The molecule has 0 spiro atoms. The van der Waals surface area contributed by atoms with Gasteiger partial charge in [0.2, 0.25) is 11.8 Å². The third-order valence-corrected chi connectivity index (χ3v) is 5.18. The summed E-state index contributed by atoms with van der Waals surface area (Å²) in [4.78, 5) is 20.8. The Morgan fingerprint density at radius 1 is 1.10 bits per heavy atom. The van der Waals surface area contributed by atoms with Gasteiger partial charge in [0, 0.05) is 11.6 Å². The number of nitrogens with zero attached hydrogens (tertiary/aromatic N) is 2. The monoisotopic (exact) mass is 392 g/mol. The number of benzene rings is 2. The van der Waals surface area contributed by atoms with Crippen LogP contribution in [0.4, 0.5) is 5.95 Å². The molecule has 0 bridgehead atoms. The van der Waals surface area contributed by atoms with Gasteiger partial charge < -0.3 is 20.9 Å². The first-order chi connectivity index (χ1) is 14.1. The van der Waals surface area contributed by atoms with Crippen LogP contribution in [0.15, 0.2) is 42.5 Å². The van der Waals surface area contributed by atoms with Crippen LogP contribution in [0, 0.1) is 0 Å². The third-order valence-electron chi connectivity index (χ3n) is 5.18. The van der Waals surface area contributed by atoms with Crippen LogP contribution in [0.5, 0.6) is 5.88 Å². The molecule has 1 heterocycles. The molecular formula is C22H24N4O3. The fourth-order valence-electron chi connectivity index (χ4n) is 3.70. The molecule has 1 fully saturated rings. The lowest BCUT2D eigenvalue weighted by atomic mass is 10.0. The summed E-state index contributed by atoms with van der Waals surface area (Å²) in [7, 11) is 0. The van der Waals surface area contributed by atoms with Crippen molar-refractivity contribution in [1.82, 2.24) is 15.3 Å². The summed E-state index contributed by atoms with van der Waals surface area (Å²) in [5.41, 5.74) is 8.99. The van der Waals surface area contributed by atoms with E-state index in [0.29, 0.717) is 28.4 Å². The molecule has 0 aliphatic heterocycles. The number of nitrogens with one attached hydrogen (secondary N) is 1. The first-order valence-electron chi connectivity index (χ1n) is 9.86. The number of aliphatic hydroxyl groups is 1. The molecule has 0 radical (unpaired) electrons. The molecule has 4 N–H and O–H groups in total. The fourth-order valence-corrected chi connectivity index (χ4v) is 3.70. The lowest BCUT2D eigenvalue weighted by Gasteiger charge is -2.12. The van der Waals surface area contributed by atoms with E-state index in [-0.39, 0.29) is 25.1 Å². The topological polar surface area (TPSA) is 110 Å². The minimum Gasteiger partial charge on any atom is -0.475 e. The quantitative estimate of drug-likeness (QED) is 0.595. The molecule has 0 unspecified atom stereocenters. The first-order valence-corrected chi connectivity index (χ1v) is 9.86. The van der Waals surface area contributed by atoms with Crippen LogP contribution in [0.3, 0.4) is 0 Å². The molecule has 4 rings (SSSR count). The predicted molar refractivity (Wildman–Crippen MR) is 112 cm³/mol. The molecule has 1 aliphatic carbocycles. The van der Waals surface area contributed by atoms with Gasteiger partial charge in [0.25, 0.3) is 5.91 Å². The SMILES string of the molecule is Nc1nc(OCCO)c2cc(-c3ccc(C(=O)NC4CCCC4)cc3)ccc2n1. The molecular weight excluding hydrogens is 368 g/mol. The summed E-state index contributed by atoms with van der Waals surface area (Å²) in [6.45, 7) is 0.00998. The highest BCUT2D eigenvalue weighted by molar-refractivity contribution is 5.95. The molecule has 7 nitrogen and oxygen atoms in total. The maximum absolute atomic E-state index is 12.4. The van der Waals surface area contributed by atoms with Gasteiger partial charge in [0.05, 0.1) is 17.5 Å². The number of carbonyl (C=O) groups excluding carboxylic acids is 1. The van der Waals surface area contributed by atoms with Crippen molar-refractivity contribution in [3.05, 3.63) is 48.0 Å². The molecule has 1 aliphatic rings. The van der Waals surface area contributed by atoms with Crippen molar-refractivity contribution in [1.29, 1.82) is 0 Å². The number of aliphatic hydroxyl groups excluding tert-OH is 1. The molecule has 1 aromatic heterocycles. The zero-order valence-electron chi connectivity index (χ0n) is 16.1. The summed E-state index contributed by atoms with van der Waals surface area (Å²) in [6, 6.07) is 13.6. The van der Waals surface area contributed by atoms with Crippen LogP contribution in [-0.2, 0) is 0 Å². The van der Waals surface area contributed by atoms with E-state index in [1.54, 1.807) is 0 Å². The van der Waals surface area contributed by atoms with E-state index < -0.39 is 0 Å². The van der Waals surface area contributed by atoms with E-state index >= 15 is 0 Å². The Hall–Kier alpha value is -3.19. The number of rotatable bonds is 6. The number of fused-ring (bicyclic) bond motifs is 1. The van der Waals surface area contributed by atoms with Gasteiger partial charge >= 0.3 is 0 Å². The molecule has 2 aromatic carbocycles. The summed E-state index contributed by atoms with van der Waals surface area (Å²) in [6.07, 6.45) is 4.50. The van der Waals surface area contributed by atoms with Gasteiger partial charge in [-0.05, 0) is 48.2 Å². The number of ether oxygens (including phenoxy) is 1. The van der Waals surface area contributed by atoms with E-state index in [1.807, 2.05) is 42.5 Å². The molecule has 0 atom stereocenters. The van der Waals surface area contributed by atoms with Crippen LogP contribution in [0.2, 0.25) is 0 Å².